The van der Waals surface area contributed by atoms with Gasteiger partial charge in [0.05, 0.1) is 23.6 Å². The topological polar surface area (TPSA) is 73.4 Å². The van der Waals surface area contributed by atoms with Crippen molar-refractivity contribution in [3.8, 4) is 5.69 Å². The fraction of sp³-hybridized carbons (Fsp3) is 0.444. The molecule has 1 amide bonds. The molecule has 3 rings (SSSR count). The van der Waals surface area contributed by atoms with Gasteiger partial charge in [0, 0.05) is 30.9 Å². The molecule has 0 saturated carbocycles. The van der Waals surface area contributed by atoms with Gasteiger partial charge in [-0.3, -0.25) is 4.79 Å². The number of rotatable bonds is 6. The standard InChI is InChI=1S/C18H23ClN4O2/c19-15-2-4-16(5-3-15)23-13-14(12-21-23)18(24)22-9-6-17(7-10-22)25-11-1-8-20/h2-5,12-13,17H,1,6-11,20H2. The largest absolute Gasteiger partial charge is 0.378 e. The van der Waals surface area contributed by atoms with Crippen molar-refractivity contribution in [3.05, 3.63) is 47.2 Å². The van der Waals surface area contributed by atoms with Gasteiger partial charge in [0.25, 0.3) is 5.91 Å². The summed E-state index contributed by atoms with van der Waals surface area (Å²) in [4.78, 5) is 14.5. The zero-order chi connectivity index (χ0) is 17.6. The second kappa shape index (κ2) is 8.47. The molecule has 1 saturated heterocycles. The van der Waals surface area contributed by atoms with E-state index in [0.717, 1.165) is 24.9 Å². The SMILES string of the molecule is NCCCOC1CCN(C(=O)c2cnn(-c3ccc(Cl)cc3)c2)CC1. The highest BCUT2D eigenvalue weighted by atomic mass is 35.5. The van der Waals surface area contributed by atoms with Crippen LogP contribution in [0, 0.1) is 0 Å². The highest BCUT2D eigenvalue weighted by Crippen LogP contribution is 2.18. The Morgan fingerprint density at radius 3 is 2.68 bits per heavy atom. The summed E-state index contributed by atoms with van der Waals surface area (Å²) in [6.07, 6.45) is 6.20. The summed E-state index contributed by atoms with van der Waals surface area (Å²) in [7, 11) is 0. The third-order valence-electron chi connectivity index (χ3n) is 4.35. The lowest BCUT2D eigenvalue weighted by molar-refractivity contribution is 0.00845. The van der Waals surface area contributed by atoms with Crippen LogP contribution in [0.2, 0.25) is 5.02 Å². The Balaban J connectivity index is 1.56. The molecule has 2 N–H and O–H groups in total. The monoisotopic (exact) mass is 362 g/mol. The molecule has 1 aliphatic heterocycles. The summed E-state index contributed by atoms with van der Waals surface area (Å²) in [6, 6.07) is 7.34. The number of hydrogen-bond acceptors (Lipinski definition) is 4. The molecule has 6 nitrogen and oxygen atoms in total. The van der Waals surface area contributed by atoms with Gasteiger partial charge in [-0.25, -0.2) is 4.68 Å². The normalized spacial score (nSPS) is 15.5. The van der Waals surface area contributed by atoms with E-state index < -0.39 is 0 Å². The Bertz CT molecular complexity index is 693. The van der Waals surface area contributed by atoms with E-state index in [-0.39, 0.29) is 12.0 Å². The number of piperidine rings is 1. The molecule has 0 unspecified atom stereocenters. The van der Waals surface area contributed by atoms with Crippen LogP contribution >= 0.6 is 11.6 Å². The van der Waals surface area contributed by atoms with Crippen molar-refractivity contribution in [3.63, 3.8) is 0 Å². The van der Waals surface area contributed by atoms with Crippen molar-refractivity contribution in [2.75, 3.05) is 26.2 Å². The van der Waals surface area contributed by atoms with Crippen LogP contribution in [0.3, 0.4) is 0 Å². The van der Waals surface area contributed by atoms with Crippen molar-refractivity contribution in [1.82, 2.24) is 14.7 Å². The Morgan fingerprint density at radius 1 is 1.28 bits per heavy atom. The average molecular weight is 363 g/mol. The van der Waals surface area contributed by atoms with Crippen molar-refractivity contribution >= 4 is 17.5 Å². The van der Waals surface area contributed by atoms with Crippen LogP contribution in [0.4, 0.5) is 0 Å². The maximum Gasteiger partial charge on any atom is 0.257 e. The molecule has 7 heteroatoms. The Hall–Kier alpha value is -1.89. The van der Waals surface area contributed by atoms with E-state index in [1.807, 2.05) is 17.0 Å². The summed E-state index contributed by atoms with van der Waals surface area (Å²) in [6.45, 7) is 2.76. The maximum atomic E-state index is 12.7. The third kappa shape index (κ3) is 4.60. The van der Waals surface area contributed by atoms with E-state index in [0.29, 0.717) is 36.8 Å². The van der Waals surface area contributed by atoms with Gasteiger partial charge in [0.1, 0.15) is 0 Å². The zero-order valence-corrected chi connectivity index (χ0v) is 14.9. The quantitative estimate of drug-likeness (QED) is 0.801. The van der Waals surface area contributed by atoms with Crippen LogP contribution in [0.5, 0.6) is 0 Å². The molecular weight excluding hydrogens is 340 g/mol. The molecule has 1 aromatic carbocycles. The minimum atomic E-state index is 0.0145. The molecule has 0 spiro atoms. The third-order valence-corrected chi connectivity index (χ3v) is 4.60. The van der Waals surface area contributed by atoms with Crippen LogP contribution in [-0.4, -0.2) is 52.9 Å². The Labute approximate surface area is 152 Å². The van der Waals surface area contributed by atoms with Crippen molar-refractivity contribution < 1.29 is 9.53 Å². The van der Waals surface area contributed by atoms with E-state index in [2.05, 4.69) is 5.10 Å². The number of aromatic nitrogens is 2. The summed E-state index contributed by atoms with van der Waals surface area (Å²) < 4.78 is 7.47. The van der Waals surface area contributed by atoms with Crippen molar-refractivity contribution in [1.29, 1.82) is 0 Å². The molecule has 0 aliphatic carbocycles. The lowest BCUT2D eigenvalue weighted by Gasteiger charge is -2.31. The van der Waals surface area contributed by atoms with Gasteiger partial charge < -0.3 is 15.4 Å². The van der Waals surface area contributed by atoms with Gasteiger partial charge in [-0.2, -0.15) is 5.10 Å². The van der Waals surface area contributed by atoms with E-state index in [1.165, 1.54) is 0 Å². The Kier molecular flexibility index (Phi) is 6.07. The number of carbonyl (C=O) groups excluding carboxylic acids is 1. The molecule has 25 heavy (non-hydrogen) atoms. The van der Waals surface area contributed by atoms with E-state index in [9.17, 15) is 4.79 Å². The zero-order valence-electron chi connectivity index (χ0n) is 14.1. The van der Waals surface area contributed by atoms with Crippen molar-refractivity contribution in [2.24, 2.45) is 5.73 Å². The number of nitrogens with zero attached hydrogens (tertiary/aromatic N) is 3. The van der Waals surface area contributed by atoms with Crippen LogP contribution in [-0.2, 0) is 4.74 Å². The average Bonchev–Trinajstić information content (AvgIpc) is 3.13. The first-order valence-corrected chi connectivity index (χ1v) is 8.96. The Morgan fingerprint density at radius 2 is 2.00 bits per heavy atom. The number of amides is 1. The van der Waals surface area contributed by atoms with Gasteiger partial charge in [0.2, 0.25) is 0 Å². The maximum absolute atomic E-state index is 12.7. The smallest absolute Gasteiger partial charge is 0.257 e. The molecule has 0 bridgehead atoms. The van der Waals surface area contributed by atoms with E-state index >= 15 is 0 Å². The second-order valence-electron chi connectivity index (χ2n) is 6.15. The van der Waals surface area contributed by atoms with Crippen LogP contribution in [0.25, 0.3) is 5.69 Å². The number of likely N-dealkylation sites (tertiary alicyclic amines) is 1. The highest BCUT2D eigenvalue weighted by molar-refractivity contribution is 6.30. The lowest BCUT2D eigenvalue weighted by atomic mass is 10.1. The first-order chi connectivity index (χ1) is 12.2. The van der Waals surface area contributed by atoms with Gasteiger partial charge in [-0.1, -0.05) is 11.6 Å². The molecule has 1 fully saturated rings. The van der Waals surface area contributed by atoms with Gasteiger partial charge >= 0.3 is 0 Å². The van der Waals surface area contributed by atoms with Crippen molar-refractivity contribution in [2.45, 2.75) is 25.4 Å². The molecular formula is C18H23ClN4O2. The predicted octanol–water partition coefficient (Wildman–Crippen LogP) is 2.50. The summed E-state index contributed by atoms with van der Waals surface area (Å²) >= 11 is 5.90. The molecule has 2 heterocycles. The number of ether oxygens (including phenoxy) is 1. The first kappa shape index (κ1) is 17.9. The van der Waals surface area contributed by atoms with E-state index in [4.69, 9.17) is 22.1 Å². The number of nitrogens with two attached hydrogens (primary N) is 1. The predicted molar refractivity (Wildman–Crippen MR) is 97.1 cm³/mol. The minimum absolute atomic E-state index is 0.0145. The fourth-order valence-corrected chi connectivity index (χ4v) is 3.04. The van der Waals surface area contributed by atoms with Gasteiger partial charge in [-0.15, -0.1) is 0 Å². The summed E-state index contributed by atoms with van der Waals surface area (Å²) in [5, 5.41) is 4.96. The molecule has 2 aromatic rings. The van der Waals surface area contributed by atoms with Crippen LogP contribution in [0.15, 0.2) is 36.7 Å². The number of hydrogen-bond donors (Lipinski definition) is 1. The molecule has 0 radical (unpaired) electrons. The molecule has 1 aliphatic rings. The van der Waals surface area contributed by atoms with E-state index in [1.54, 1.807) is 29.2 Å². The minimum Gasteiger partial charge on any atom is -0.378 e. The first-order valence-electron chi connectivity index (χ1n) is 8.59. The molecule has 1 aromatic heterocycles. The van der Waals surface area contributed by atoms with Gasteiger partial charge in [0.15, 0.2) is 0 Å². The van der Waals surface area contributed by atoms with Crippen LogP contribution in [0.1, 0.15) is 29.6 Å². The number of benzene rings is 1. The fourth-order valence-electron chi connectivity index (χ4n) is 2.91. The number of carbonyl (C=O) groups is 1. The summed E-state index contributed by atoms with van der Waals surface area (Å²) in [5.41, 5.74) is 6.94. The second-order valence-corrected chi connectivity index (χ2v) is 6.59. The number of halogens is 1. The molecule has 134 valence electrons. The van der Waals surface area contributed by atoms with Crippen LogP contribution < -0.4 is 5.73 Å². The molecule has 0 atom stereocenters. The summed E-state index contributed by atoms with van der Waals surface area (Å²) in [5.74, 6) is 0.0145. The lowest BCUT2D eigenvalue weighted by Crippen LogP contribution is -2.41. The van der Waals surface area contributed by atoms with Gasteiger partial charge in [-0.05, 0) is 50.1 Å². The highest BCUT2D eigenvalue weighted by Gasteiger charge is 2.24.